The van der Waals surface area contributed by atoms with E-state index < -0.39 is 0 Å². The summed E-state index contributed by atoms with van der Waals surface area (Å²) in [6, 6.07) is 18.3. The second kappa shape index (κ2) is 7.79. The predicted octanol–water partition coefficient (Wildman–Crippen LogP) is 3.77. The minimum atomic E-state index is 0.146. The zero-order valence-corrected chi connectivity index (χ0v) is 14.7. The first-order valence-corrected chi connectivity index (χ1v) is 8.50. The molecule has 0 bridgehead atoms. The molecule has 0 atom stereocenters. The van der Waals surface area contributed by atoms with Crippen LogP contribution in [0, 0.1) is 6.92 Å². The Kier molecular flexibility index (Phi) is 5.29. The maximum atomic E-state index is 12.4. The number of amides is 1. The highest BCUT2D eigenvalue weighted by Crippen LogP contribution is 2.11. The number of nitrogens with zero attached hydrogens (tertiary/aromatic N) is 3. The summed E-state index contributed by atoms with van der Waals surface area (Å²) in [4.78, 5) is 14.1. The number of hydrogen-bond donors (Lipinski definition) is 0. The fraction of sp³-hybridized carbons (Fsp3) is 0.238. The van der Waals surface area contributed by atoms with E-state index in [-0.39, 0.29) is 5.91 Å². The average Bonchev–Trinajstić information content (AvgIpc) is 3.10. The van der Waals surface area contributed by atoms with Gasteiger partial charge in [-0.25, -0.2) is 4.68 Å². The summed E-state index contributed by atoms with van der Waals surface area (Å²) < 4.78 is 1.83. The third-order valence-electron chi connectivity index (χ3n) is 4.25. The highest BCUT2D eigenvalue weighted by molar-refractivity contribution is 5.76. The normalized spacial score (nSPS) is 10.6. The van der Waals surface area contributed by atoms with Crippen molar-refractivity contribution >= 4 is 5.91 Å². The van der Waals surface area contributed by atoms with E-state index in [1.165, 1.54) is 11.1 Å². The molecule has 0 aliphatic rings. The summed E-state index contributed by atoms with van der Waals surface area (Å²) in [5.74, 6) is 0.146. The number of carbonyl (C=O) groups excluding carboxylic acids is 1. The van der Waals surface area contributed by atoms with Crippen LogP contribution in [0.3, 0.4) is 0 Å². The van der Waals surface area contributed by atoms with Crippen molar-refractivity contribution in [3.05, 3.63) is 83.7 Å². The van der Waals surface area contributed by atoms with Gasteiger partial charge < -0.3 is 4.90 Å². The molecule has 4 heteroatoms. The van der Waals surface area contributed by atoms with Crippen LogP contribution in [0.1, 0.15) is 23.1 Å². The molecule has 0 fully saturated rings. The van der Waals surface area contributed by atoms with E-state index in [9.17, 15) is 4.79 Å². The van der Waals surface area contributed by atoms with Gasteiger partial charge in [-0.15, -0.1) is 0 Å². The van der Waals surface area contributed by atoms with Crippen molar-refractivity contribution in [2.75, 3.05) is 7.05 Å². The number of hydrogen-bond acceptors (Lipinski definition) is 2. The summed E-state index contributed by atoms with van der Waals surface area (Å²) in [5.41, 5.74) is 4.48. The van der Waals surface area contributed by atoms with Crippen LogP contribution in [0.25, 0.3) is 5.69 Å². The lowest BCUT2D eigenvalue weighted by Crippen LogP contribution is -2.26. The Morgan fingerprint density at radius 3 is 2.48 bits per heavy atom. The van der Waals surface area contributed by atoms with E-state index in [4.69, 9.17) is 0 Å². The fourth-order valence-corrected chi connectivity index (χ4v) is 2.72. The van der Waals surface area contributed by atoms with Crippen molar-refractivity contribution in [3.8, 4) is 5.69 Å². The van der Waals surface area contributed by atoms with Crippen molar-refractivity contribution in [1.82, 2.24) is 14.7 Å². The van der Waals surface area contributed by atoms with Crippen LogP contribution in [0.5, 0.6) is 0 Å². The monoisotopic (exact) mass is 333 g/mol. The van der Waals surface area contributed by atoms with Crippen LogP contribution in [-0.4, -0.2) is 27.6 Å². The molecule has 0 radical (unpaired) electrons. The molecule has 3 aromatic rings. The van der Waals surface area contributed by atoms with E-state index in [1.807, 2.05) is 54.5 Å². The van der Waals surface area contributed by atoms with Crippen LogP contribution < -0.4 is 0 Å². The molecule has 25 heavy (non-hydrogen) atoms. The molecule has 0 unspecified atom stereocenters. The Morgan fingerprint density at radius 1 is 1.04 bits per heavy atom. The molecule has 128 valence electrons. The molecule has 0 saturated carbocycles. The first kappa shape index (κ1) is 17.0. The van der Waals surface area contributed by atoms with E-state index in [0.717, 1.165) is 17.7 Å². The van der Waals surface area contributed by atoms with Crippen LogP contribution >= 0.6 is 0 Å². The van der Waals surface area contributed by atoms with Crippen molar-refractivity contribution in [2.24, 2.45) is 0 Å². The van der Waals surface area contributed by atoms with E-state index in [2.05, 4.69) is 36.3 Å². The first-order valence-electron chi connectivity index (χ1n) is 8.50. The molecule has 1 amide bonds. The van der Waals surface area contributed by atoms with Gasteiger partial charge in [-0.1, -0.05) is 48.0 Å². The van der Waals surface area contributed by atoms with Gasteiger partial charge in [0.25, 0.3) is 0 Å². The molecule has 2 aromatic carbocycles. The van der Waals surface area contributed by atoms with Crippen LogP contribution in [0.2, 0.25) is 0 Å². The third kappa shape index (κ3) is 4.57. The molecule has 0 aliphatic heterocycles. The Balaban J connectivity index is 1.54. The lowest BCUT2D eigenvalue weighted by Gasteiger charge is -2.16. The Bertz CT molecular complexity index is 822. The number of rotatable bonds is 6. The van der Waals surface area contributed by atoms with Crippen LogP contribution in [-0.2, 0) is 17.8 Å². The van der Waals surface area contributed by atoms with Crippen molar-refractivity contribution in [3.63, 3.8) is 0 Å². The summed E-state index contributed by atoms with van der Waals surface area (Å²) in [7, 11) is 1.84. The molecular weight excluding hydrogens is 310 g/mol. The molecule has 0 spiro atoms. The fourth-order valence-electron chi connectivity index (χ4n) is 2.72. The summed E-state index contributed by atoms with van der Waals surface area (Å²) in [6.07, 6.45) is 5.08. The zero-order valence-electron chi connectivity index (χ0n) is 14.7. The first-order chi connectivity index (χ1) is 12.1. The molecule has 0 saturated heterocycles. The number of benzene rings is 2. The quantitative estimate of drug-likeness (QED) is 0.689. The standard InChI is InChI=1S/C21H23N3O/c1-17-8-10-18(11-9-17)12-13-21(25)23(2)15-19-14-22-24(16-19)20-6-4-3-5-7-20/h3-11,14,16H,12-13,15H2,1-2H3. The summed E-state index contributed by atoms with van der Waals surface area (Å²) >= 11 is 0. The Morgan fingerprint density at radius 2 is 1.76 bits per heavy atom. The largest absolute Gasteiger partial charge is 0.341 e. The van der Waals surface area contributed by atoms with E-state index >= 15 is 0 Å². The highest BCUT2D eigenvalue weighted by Gasteiger charge is 2.11. The second-order valence-corrected chi connectivity index (χ2v) is 6.36. The molecular formula is C21H23N3O. The average molecular weight is 333 g/mol. The number of para-hydroxylation sites is 1. The summed E-state index contributed by atoms with van der Waals surface area (Å²) in [5, 5.41) is 4.38. The van der Waals surface area contributed by atoms with Crippen LogP contribution in [0.15, 0.2) is 67.0 Å². The lowest BCUT2D eigenvalue weighted by molar-refractivity contribution is -0.130. The van der Waals surface area contributed by atoms with Gasteiger partial charge in [0.05, 0.1) is 11.9 Å². The highest BCUT2D eigenvalue weighted by atomic mass is 16.2. The van der Waals surface area contributed by atoms with Crippen molar-refractivity contribution in [1.29, 1.82) is 0 Å². The maximum absolute atomic E-state index is 12.4. The van der Waals surface area contributed by atoms with Gasteiger partial charge in [0.2, 0.25) is 5.91 Å². The molecule has 3 rings (SSSR count). The third-order valence-corrected chi connectivity index (χ3v) is 4.25. The Hall–Kier alpha value is -2.88. The molecule has 0 N–H and O–H groups in total. The smallest absolute Gasteiger partial charge is 0.222 e. The second-order valence-electron chi connectivity index (χ2n) is 6.36. The minimum absolute atomic E-state index is 0.146. The van der Waals surface area contributed by atoms with Crippen molar-refractivity contribution < 1.29 is 4.79 Å². The van der Waals surface area contributed by atoms with Crippen molar-refractivity contribution in [2.45, 2.75) is 26.3 Å². The Labute approximate surface area is 148 Å². The number of aromatic nitrogens is 2. The van der Waals surface area contributed by atoms with Gasteiger partial charge in [0, 0.05) is 31.8 Å². The van der Waals surface area contributed by atoms with Gasteiger partial charge in [0.1, 0.15) is 0 Å². The van der Waals surface area contributed by atoms with Gasteiger partial charge in [0.15, 0.2) is 0 Å². The predicted molar refractivity (Wildman–Crippen MR) is 99.5 cm³/mol. The van der Waals surface area contributed by atoms with E-state index in [1.54, 1.807) is 4.90 Å². The van der Waals surface area contributed by atoms with Gasteiger partial charge in [-0.2, -0.15) is 5.10 Å². The summed E-state index contributed by atoms with van der Waals surface area (Å²) in [6.45, 7) is 2.64. The SMILES string of the molecule is Cc1ccc(CCC(=O)N(C)Cc2cnn(-c3ccccc3)c2)cc1. The number of carbonyl (C=O) groups is 1. The maximum Gasteiger partial charge on any atom is 0.222 e. The molecule has 4 nitrogen and oxygen atoms in total. The van der Waals surface area contributed by atoms with Gasteiger partial charge >= 0.3 is 0 Å². The van der Waals surface area contributed by atoms with Gasteiger partial charge in [-0.3, -0.25) is 4.79 Å². The molecule has 1 aromatic heterocycles. The van der Waals surface area contributed by atoms with Gasteiger partial charge in [-0.05, 0) is 31.0 Å². The van der Waals surface area contributed by atoms with E-state index in [0.29, 0.717) is 13.0 Å². The molecule has 0 aliphatic carbocycles. The molecule has 1 heterocycles. The topological polar surface area (TPSA) is 38.1 Å². The minimum Gasteiger partial charge on any atom is -0.341 e. The number of aryl methyl sites for hydroxylation is 2. The lowest BCUT2D eigenvalue weighted by atomic mass is 10.1. The zero-order chi connectivity index (χ0) is 17.6. The van der Waals surface area contributed by atoms with Crippen LogP contribution in [0.4, 0.5) is 0 Å².